The molecule has 3 aromatic heterocycles. The molecular formula is C77H101N10O13P. The first-order valence-electron chi connectivity index (χ1n) is 35.7. The number of aromatic amines is 1. The topological polar surface area (TPSA) is 274 Å². The SMILES string of the molecule is CCCCCCCCCCCCCCCCC(=O)N(C[C@H]1O[C@@H](n2cnc3c(NC(=O)c4ccccc4)ncnc32)[C@H](OC)[C@@H]1N(CCC#N)P(=O)(C(C)C)C(C)C)C(=O)C[C@H]1[C@@H](OC)[C@H](n2ccc(=O)[nH]c2=O)O[C@@H]1COC(c1ccccc1)(c1ccc(OC)cc1)c1ccc(OC)cc1. The molecule has 2 fully saturated rings. The molecule has 24 heteroatoms. The highest BCUT2D eigenvalue weighted by molar-refractivity contribution is 7.62. The Morgan fingerprint density at radius 3 is 1.76 bits per heavy atom. The van der Waals surface area contributed by atoms with Crippen LogP contribution in [0.4, 0.5) is 5.82 Å². The van der Waals surface area contributed by atoms with Gasteiger partial charge in [-0.2, -0.15) is 5.26 Å². The molecule has 23 nitrogen and oxygen atoms in total. The van der Waals surface area contributed by atoms with Crippen LogP contribution in [0.3, 0.4) is 0 Å². The molecular weight excluding hydrogens is 1300 g/mol. The summed E-state index contributed by atoms with van der Waals surface area (Å²) in [5.74, 6) is -1.15. The number of hydrogen-bond donors (Lipinski definition) is 2. The van der Waals surface area contributed by atoms with Gasteiger partial charge in [-0.1, -0.05) is 191 Å². The molecule has 4 aromatic carbocycles. The zero-order chi connectivity index (χ0) is 72.1. The third-order valence-electron chi connectivity index (χ3n) is 19.8. The fourth-order valence-corrected chi connectivity index (χ4v) is 18.0. The number of ether oxygens (including phenoxy) is 7. The third kappa shape index (κ3) is 18.2. The first-order valence-corrected chi connectivity index (χ1v) is 37.5. The minimum atomic E-state index is -3.54. The number of rotatable bonds is 39. The van der Waals surface area contributed by atoms with Crippen LogP contribution in [-0.2, 0) is 43.4 Å². The number of hydrogen-bond acceptors (Lipinski definition) is 17. The second-order valence-electron chi connectivity index (χ2n) is 26.8. The van der Waals surface area contributed by atoms with Crippen molar-refractivity contribution in [1.29, 1.82) is 5.26 Å². The smallest absolute Gasteiger partial charge is 0.330 e. The van der Waals surface area contributed by atoms with Crippen molar-refractivity contribution < 1.29 is 52.1 Å². The van der Waals surface area contributed by atoms with E-state index in [0.717, 1.165) is 37.7 Å². The van der Waals surface area contributed by atoms with Gasteiger partial charge in [-0.15, -0.1) is 0 Å². The van der Waals surface area contributed by atoms with Gasteiger partial charge in [-0.25, -0.2) is 24.4 Å². The Bertz CT molecular complexity index is 3940. The van der Waals surface area contributed by atoms with Crippen molar-refractivity contribution in [2.75, 3.05) is 53.5 Å². The summed E-state index contributed by atoms with van der Waals surface area (Å²) >= 11 is 0. The van der Waals surface area contributed by atoms with E-state index in [1.165, 1.54) is 100.0 Å². The number of imidazole rings is 1. The lowest BCUT2D eigenvalue weighted by Crippen LogP contribution is -2.53. The van der Waals surface area contributed by atoms with Crippen LogP contribution < -0.4 is 26.0 Å². The van der Waals surface area contributed by atoms with Crippen molar-refractivity contribution >= 4 is 42.0 Å². The number of H-pyrrole nitrogens is 1. The molecule has 2 N–H and O–H groups in total. The molecule has 3 amide bonds. The van der Waals surface area contributed by atoms with Crippen molar-refractivity contribution in [2.24, 2.45) is 5.92 Å². The predicted octanol–water partition coefficient (Wildman–Crippen LogP) is 13.4. The number of nitrogens with zero attached hydrogens (tertiary/aromatic N) is 8. The van der Waals surface area contributed by atoms with Crippen LogP contribution in [-0.4, -0.2) is 146 Å². The number of aromatic nitrogens is 6. The number of nitriles is 1. The summed E-state index contributed by atoms with van der Waals surface area (Å²) in [4.78, 5) is 89.5. The zero-order valence-corrected chi connectivity index (χ0v) is 60.8. The van der Waals surface area contributed by atoms with E-state index in [4.69, 9.17) is 38.1 Å². The largest absolute Gasteiger partial charge is 0.497 e. The number of methoxy groups -OCH3 is 4. The van der Waals surface area contributed by atoms with Crippen LogP contribution in [0.15, 0.2) is 144 Å². The lowest BCUT2D eigenvalue weighted by atomic mass is 9.79. The summed E-state index contributed by atoms with van der Waals surface area (Å²) in [6, 6.07) is 35.8. The number of amides is 3. The second kappa shape index (κ2) is 37.1. The van der Waals surface area contributed by atoms with E-state index < -0.39 is 108 Å². The molecule has 0 unspecified atom stereocenters. The summed E-state index contributed by atoms with van der Waals surface area (Å²) in [5, 5.41) is 13.2. The minimum Gasteiger partial charge on any atom is -0.497 e. The molecule has 542 valence electrons. The van der Waals surface area contributed by atoms with Crippen LogP contribution in [0, 0.1) is 17.2 Å². The predicted molar refractivity (Wildman–Crippen MR) is 387 cm³/mol. The minimum absolute atomic E-state index is 0.00634. The van der Waals surface area contributed by atoms with Crippen molar-refractivity contribution in [2.45, 2.75) is 204 Å². The highest BCUT2D eigenvalue weighted by atomic mass is 31.2. The number of fused-ring (bicyclic) bond motifs is 1. The summed E-state index contributed by atoms with van der Waals surface area (Å²) in [6.45, 7) is 9.18. The van der Waals surface area contributed by atoms with Crippen molar-refractivity contribution in [1.82, 2.24) is 38.6 Å². The summed E-state index contributed by atoms with van der Waals surface area (Å²) in [6.07, 6.45) is 12.5. The van der Waals surface area contributed by atoms with Crippen LogP contribution in [0.5, 0.6) is 11.5 Å². The van der Waals surface area contributed by atoms with Crippen molar-refractivity contribution in [3.05, 3.63) is 177 Å². The lowest BCUT2D eigenvalue weighted by Gasteiger charge is -2.44. The van der Waals surface area contributed by atoms with Gasteiger partial charge in [0.25, 0.3) is 11.5 Å². The number of nitrogens with one attached hydrogen (secondary N) is 2. The molecule has 2 aliphatic heterocycles. The maximum atomic E-state index is 16.3. The summed E-state index contributed by atoms with van der Waals surface area (Å²) in [7, 11) is 2.59. The van der Waals surface area contributed by atoms with E-state index in [9.17, 15) is 19.6 Å². The van der Waals surface area contributed by atoms with Crippen molar-refractivity contribution in [3.63, 3.8) is 0 Å². The summed E-state index contributed by atoms with van der Waals surface area (Å²) in [5.41, 5.74) is -0.635. The molecule has 8 atom stereocenters. The molecule has 2 saturated heterocycles. The quantitative estimate of drug-likeness (QED) is 0.0206. The van der Waals surface area contributed by atoms with E-state index in [2.05, 4.69) is 33.3 Å². The number of benzene rings is 4. The molecule has 0 spiro atoms. The van der Waals surface area contributed by atoms with E-state index in [0.29, 0.717) is 34.6 Å². The Morgan fingerprint density at radius 1 is 0.673 bits per heavy atom. The molecule has 0 saturated carbocycles. The number of anilines is 1. The fraction of sp³-hybridized carbons (Fsp3) is 0.519. The van der Waals surface area contributed by atoms with E-state index in [1.54, 1.807) is 43.1 Å². The molecule has 9 rings (SSSR count). The Morgan fingerprint density at radius 2 is 1.22 bits per heavy atom. The molecule has 0 radical (unpaired) electrons. The molecule has 2 aliphatic rings. The zero-order valence-electron chi connectivity index (χ0n) is 59.9. The van der Waals surface area contributed by atoms with Crippen molar-refractivity contribution in [3.8, 4) is 17.6 Å². The first kappa shape index (κ1) is 77.0. The van der Waals surface area contributed by atoms with E-state index in [-0.39, 0.29) is 49.5 Å². The van der Waals surface area contributed by atoms with Gasteiger partial charge in [0.2, 0.25) is 11.8 Å². The van der Waals surface area contributed by atoms with E-state index >= 15 is 14.2 Å². The Labute approximate surface area is 593 Å². The van der Waals surface area contributed by atoms with Crippen LogP contribution in [0.25, 0.3) is 11.2 Å². The maximum Gasteiger partial charge on any atom is 0.330 e. The van der Waals surface area contributed by atoms with E-state index in [1.807, 2.05) is 117 Å². The average molecular weight is 1410 g/mol. The van der Waals surface area contributed by atoms with Crippen LogP contribution in [0.2, 0.25) is 0 Å². The Hall–Kier alpha value is -8.20. The number of unbranched alkanes of at least 4 members (excludes halogenated alkanes) is 13. The number of carbonyl (C=O) groups is 3. The van der Waals surface area contributed by atoms with Crippen LogP contribution in [0.1, 0.15) is 183 Å². The molecule has 0 bridgehead atoms. The second-order valence-corrected chi connectivity index (χ2v) is 30.7. The first-order chi connectivity index (χ1) is 49.0. The Balaban J connectivity index is 1.11. The third-order valence-corrected chi connectivity index (χ3v) is 24.0. The lowest BCUT2D eigenvalue weighted by molar-refractivity contribution is -0.149. The van der Waals surface area contributed by atoms with Gasteiger partial charge in [-0.05, 0) is 59.5 Å². The summed E-state index contributed by atoms with van der Waals surface area (Å²) < 4.78 is 66.7. The molecule has 0 aliphatic carbocycles. The van der Waals surface area contributed by atoms with Gasteiger partial charge in [0.1, 0.15) is 35.6 Å². The fourth-order valence-electron chi connectivity index (χ4n) is 14.5. The van der Waals surface area contributed by atoms with Gasteiger partial charge in [0, 0.05) is 75.1 Å². The highest BCUT2D eigenvalue weighted by Crippen LogP contribution is 2.61. The van der Waals surface area contributed by atoms with Gasteiger partial charge >= 0.3 is 5.69 Å². The van der Waals surface area contributed by atoms with Gasteiger partial charge in [-0.3, -0.25) is 38.2 Å². The molecule has 101 heavy (non-hydrogen) atoms. The highest BCUT2D eigenvalue weighted by Gasteiger charge is 2.56. The monoisotopic (exact) mass is 1400 g/mol. The average Bonchev–Trinajstić information content (AvgIpc) is 1.69. The molecule has 7 aromatic rings. The van der Waals surface area contributed by atoms with Gasteiger partial charge in [0.05, 0.1) is 58.0 Å². The molecule has 5 heterocycles. The van der Waals surface area contributed by atoms with Gasteiger partial charge < -0.3 is 43.0 Å². The standard InChI is InChI=1S/C77H101N10O13P/c1-10-11-12-13-14-15-16-17-18-19-20-21-22-29-35-65(89)85(49-62-68(87(46-30-45-78)101(93,53(2)3)54(4)5)70(97-9)75(99-62)86-52-81-67-71(79-51-80-72(67)86)83-73(91)55-31-25-23-26-32-55)66(90)48-61-63(100-74(69(61)96-8)84-47-44-64(88)82-76(84)92)50-98-77(56-33-27-24-28-34-56,57-36-40-59(94-6)41-37-57)58-38-42-60(95-7)43-39-58/h23-28,31-34,36-44,47,51-54,61-63,68-70,74-75H,10-22,29-30,35,46,48-50H2,1-9H3,(H,82,88,92)(H,79,80,83,91)/t61-,62-,63-,68-,69-,70-,74-,75-/m1/s1. The number of imide groups is 1. The normalized spacial score (nSPS) is 19.3. The van der Waals surface area contributed by atoms with Crippen LogP contribution >= 0.6 is 7.29 Å². The number of carbonyl (C=O) groups excluding carboxylic acids is 3. The van der Waals surface area contributed by atoms with Gasteiger partial charge in [0.15, 0.2) is 36.7 Å². The maximum absolute atomic E-state index is 16.3. The Kier molecular flexibility index (Phi) is 28.3.